The van der Waals surface area contributed by atoms with E-state index in [1.807, 2.05) is 169 Å². The Bertz CT molecular complexity index is 5710. The number of carbonyl (C=O) groups excluding carboxylic acids is 5. The van der Waals surface area contributed by atoms with Crippen molar-refractivity contribution in [2.45, 2.75) is 300 Å². The first kappa shape index (κ1) is 119. The molecule has 1 saturated carbocycles. The van der Waals surface area contributed by atoms with Crippen molar-refractivity contribution >= 4 is 90.5 Å². The van der Waals surface area contributed by atoms with Crippen LogP contribution in [0.4, 0.5) is 32.3 Å². The summed E-state index contributed by atoms with van der Waals surface area (Å²) >= 11 is 7.31. The molecule has 5 heterocycles. The standard InChI is InChI=1S/C17H17NO.C16H22N2O.C15H21FN2O.C13H16N2S.C11H16N2.C11H15NO2.C10H13ClO4S.C10H18N2O2.C10H20N2/c1-12(2)17(13-8-4-3-5-9-13)14-10-6-7-11-15(14)18-16(17)19;1-15(2,3)12-9-7-11(8-10-12)13-17-18-14(19-13)16(4,5)6;1-12(2)17-7-9-18(10-8-17)15(19)11-13-3-5-14(16)6-4-13;1-13(2,3)11-9-16-12(15-11)14-10-7-5-4-6-8-10;1-9-5-7-10(8-6-9)12-13-11(2,3)4;1-8(2)11(14)12-10-5-3-9(7-13)4-6-10;1-10(2,3)15-8-5-4-7(11)6-9(8)16(12,13)14;1-8(2)10(14)11-5-7-12-6-3-4-9(12)13;1-10(2,3)12-11-9-7-5-4-6-8-9/h3-12H,1-2H3,(H,18,19);7-10H,1-6H3;3-6,12H,7-11H2,1-2H3;4-9H,1-3H3,(H,14,15);5-8H,1-4H3;3-6,8,13H,7H2,1-2H3,(H,12,14);4-6H,1-3H3,(H,12,13,14);8H,3-7H2,1-2H3,(H,11,14);9H,4-8H2,1-3H3. The van der Waals surface area contributed by atoms with E-state index >= 15 is 0 Å². The van der Waals surface area contributed by atoms with Crippen LogP contribution in [0.25, 0.3) is 11.5 Å². The Hall–Kier alpha value is -11.3. The first-order chi connectivity index (χ1) is 66.3. The fourth-order valence-corrected chi connectivity index (χ4v) is 16.3. The maximum atomic E-state index is 12.8. The summed E-state index contributed by atoms with van der Waals surface area (Å²) in [5.74, 6) is 1.75. The monoisotopic (exact) mass is 2010 g/mol. The molecule has 1 aliphatic carbocycles. The molecule has 8 aromatic carbocycles. The zero-order valence-electron chi connectivity index (χ0n) is 88.9. The van der Waals surface area contributed by atoms with Crippen molar-refractivity contribution in [2.75, 3.05) is 61.8 Å². The summed E-state index contributed by atoms with van der Waals surface area (Å²) in [4.78, 5) is 68.9. The van der Waals surface area contributed by atoms with Gasteiger partial charge < -0.3 is 45.3 Å². The van der Waals surface area contributed by atoms with Gasteiger partial charge in [0, 0.05) is 114 Å². The summed E-state index contributed by atoms with van der Waals surface area (Å²) in [7, 11) is -4.34. The molecule has 3 fully saturated rings. The normalized spacial score (nSPS) is 15.1. The average molecular weight is 2010 g/mol. The second kappa shape index (κ2) is 55.5. The molecule has 29 heteroatoms. The Kier molecular flexibility index (Phi) is 46.7. The molecule has 3 aliphatic heterocycles. The van der Waals surface area contributed by atoms with Gasteiger partial charge in [-0.1, -0.05) is 256 Å². The van der Waals surface area contributed by atoms with Crippen LogP contribution in [0.1, 0.15) is 270 Å². The van der Waals surface area contributed by atoms with Crippen molar-refractivity contribution in [1.29, 1.82) is 0 Å². The van der Waals surface area contributed by atoms with Crippen LogP contribution < -0.4 is 26.0 Å². The number of aryl methyl sites for hydroxylation is 1. The Morgan fingerprint density at radius 1 is 0.634 bits per heavy atom. The average Bonchev–Trinajstić information content (AvgIpc) is 1.57. The smallest absolute Gasteiger partial charge is 0.298 e. The van der Waals surface area contributed by atoms with Crippen molar-refractivity contribution in [3.05, 3.63) is 261 Å². The van der Waals surface area contributed by atoms with Crippen LogP contribution in [0.5, 0.6) is 5.75 Å². The van der Waals surface area contributed by atoms with Gasteiger partial charge in [-0.05, 0) is 226 Å². The van der Waals surface area contributed by atoms with E-state index in [0.717, 1.165) is 107 Å². The van der Waals surface area contributed by atoms with Crippen LogP contribution in [0.2, 0.25) is 5.02 Å². The third kappa shape index (κ3) is 42.0. The molecular formula is C113H158ClFN14O11S2. The molecule has 2 saturated heterocycles. The van der Waals surface area contributed by atoms with Crippen LogP contribution >= 0.6 is 22.9 Å². The molecule has 14 rings (SSSR count). The minimum absolute atomic E-state index is 0.00162. The number of carbonyl (C=O) groups is 5. The molecular weight excluding hydrogens is 1850 g/mol. The number of benzene rings is 8. The summed E-state index contributed by atoms with van der Waals surface area (Å²) in [5, 5.41) is 49.3. The second-order valence-corrected chi connectivity index (χ2v) is 45.7. The lowest BCUT2D eigenvalue weighted by molar-refractivity contribution is -0.132. The lowest BCUT2D eigenvalue weighted by Crippen LogP contribution is -2.51. The Balaban J connectivity index is 0.000000246. The number of amides is 5. The van der Waals surface area contributed by atoms with Gasteiger partial charge in [-0.3, -0.25) is 33.4 Å². The molecule has 142 heavy (non-hydrogen) atoms. The molecule has 772 valence electrons. The number of aliphatic hydroxyl groups excluding tert-OH is 1. The van der Waals surface area contributed by atoms with E-state index in [4.69, 9.17) is 30.4 Å². The number of nitrogens with one attached hydrogen (secondary N) is 4. The molecule has 4 aliphatic rings. The number of aliphatic hydroxyl groups is 1. The number of fused-ring (bicyclic) bond motifs is 1. The number of para-hydroxylation sites is 2. The Morgan fingerprint density at radius 3 is 1.70 bits per heavy atom. The third-order valence-corrected chi connectivity index (χ3v) is 24.4. The van der Waals surface area contributed by atoms with Crippen LogP contribution in [-0.4, -0.2) is 152 Å². The first-order valence-corrected chi connectivity index (χ1v) is 51.9. The van der Waals surface area contributed by atoms with E-state index in [2.05, 4.69) is 203 Å². The molecule has 5 amide bonds. The number of anilines is 4. The minimum atomic E-state index is -4.34. The van der Waals surface area contributed by atoms with Crippen molar-refractivity contribution < 1.29 is 55.6 Å². The number of likely N-dealkylation sites (tertiary alicyclic amines) is 1. The number of halogens is 2. The minimum Gasteiger partial charge on any atom is -0.487 e. The lowest BCUT2D eigenvalue weighted by atomic mass is 9.68. The van der Waals surface area contributed by atoms with E-state index in [1.165, 1.54) is 67.5 Å². The number of thiazole rings is 1. The summed E-state index contributed by atoms with van der Waals surface area (Å²) in [6.07, 6.45) is 8.55. The van der Waals surface area contributed by atoms with Gasteiger partial charge in [0.05, 0.1) is 41.5 Å². The van der Waals surface area contributed by atoms with Gasteiger partial charge in [-0.25, -0.2) is 9.37 Å². The summed E-state index contributed by atoms with van der Waals surface area (Å²) < 4.78 is 55.2. The predicted octanol–water partition coefficient (Wildman–Crippen LogP) is 26.4. The first-order valence-electron chi connectivity index (χ1n) is 49.2. The molecule has 25 nitrogen and oxygen atoms in total. The number of azo groups is 2. The fourth-order valence-electron chi connectivity index (χ4n) is 14.4. The van der Waals surface area contributed by atoms with Crippen molar-refractivity contribution in [2.24, 2.45) is 38.2 Å². The summed E-state index contributed by atoms with van der Waals surface area (Å²) in [6.45, 7) is 60.6. The van der Waals surface area contributed by atoms with Gasteiger partial charge >= 0.3 is 0 Å². The SMILES string of the molecule is CC(C)(C)N=NC1CCCCC1.CC(C)(C)Oc1ccc(Cl)cc1S(=O)(=O)O.CC(C)(C)c1ccc(-c2nnc(C(C)(C)C)o2)cc1.CC(C)(C)c1csc(Nc2ccccc2)n1.CC(C)C(=O)NCCN1CCCC1=O.CC(C)C(=O)Nc1ccc(CO)cc1.CC(C)C1(c2ccccc2)C(=O)Nc2ccccc21.CC(C)N1CCN(C(=O)Cc2ccc(F)cc2)CC1.Cc1ccc(N=NC(C)(C)C)cc1. The summed E-state index contributed by atoms with van der Waals surface area (Å²) in [6, 6.07) is 62.9. The molecule has 6 N–H and O–H groups in total. The van der Waals surface area contributed by atoms with Gasteiger partial charge in [0.2, 0.25) is 41.3 Å². The lowest BCUT2D eigenvalue weighted by Gasteiger charge is -2.37. The topological polar surface area (TPSA) is 328 Å². The molecule has 0 bridgehead atoms. The second-order valence-electron chi connectivity index (χ2n) is 43.0. The predicted molar refractivity (Wildman–Crippen MR) is 576 cm³/mol. The number of hydrogen-bond donors (Lipinski definition) is 6. The van der Waals surface area contributed by atoms with Crippen molar-refractivity contribution in [1.82, 2.24) is 35.2 Å². The van der Waals surface area contributed by atoms with Crippen molar-refractivity contribution in [3.8, 4) is 17.2 Å². The van der Waals surface area contributed by atoms with E-state index in [1.54, 1.807) is 73.4 Å². The highest BCUT2D eigenvalue weighted by molar-refractivity contribution is 7.86. The zero-order chi connectivity index (χ0) is 106. The Morgan fingerprint density at radius 2 is 1.20 bits per heavy atom. The molecule has 0 radical (unpaired) electrons. The van der Waals surface area contributed by atoms with Gasteiger partial charge in [-0.2, -0.15) is 28.9 Å². The van der Waals surface area contributed by atoms with E-state index in [-0.39, 0.29) is 103 Å². The van der Waals surface area contributed by atoms with Gasteiger partial charge in [0.1, 0.15) is 27.5 Å². The van der Waals surface area contributed by atoms with Crippen molar-refractivity contribution in [3.63, 3.8) is 0 Å². The highest BCUT2D eigenvalue weighted by Gasteiger charge is 2.50. The van der Waals surface area contributed by atoms with Crippen LogP contribution in [-0.2, 0) is 68.8 Å². The molecule has 2 aromatic heterocycles. The van der Waals surface area contributed by atoms with Gasteiger partial charge in [0.15, 0.2) is 5.13 Å². The van der Waals surface area contributed by atoms with Gasteiger partial charge in [0.25, 0.3) is 10.1 Å². The van der Waals surface area contributed by atoms with Gasteiger partial charge in [-0.15, -0.1) is 21.5 Å². The maximum Gasteiger partial charge on any atom is 0.298 e. The van der Waals surface area contributed by atoms with Crippen LogP contribution in [0.3, 0.4) is 0 Å². The molecule has 1 unspecified atom stereocenters. The van der Waals surface area contributed by atoms with Crippen LogP contribution in [0.15, 0.2) is 235 Å². The zero-order valence-corrected chi connectivity index (χ0v) is 91.3. The number of aromatic nitrogens is 3. The fraction of sp³-hybridized carbons (Fsp3) is 0.487. The van der Waals surface area contributed by atoms with E-state index in [0.29, 0.717) is 49.8 Å². The number of ether oxygens (including phenoxy) is 1. The molecule has 1 atom stereocenters. The number of piperazine rings is 1. The largest absolute Gasteiger partial charge is 0.487 e. The number of rotatable bonds is 19. The quantitative estimate of drug-likeness (QED) is 0.0324. The van der Waals surface area contributed by atoms with Crippen LogP contribution in [0, 0.1) is 30.5 Å². The highest BCUT2D eigenvalue weighted by atomic mass is 35.5. The number of nitrogens with zero attached hydrogens (tertiary/aromatic N) is 10. The van der Waals surface area contributed by atoms with E-state index < -0.39 is 21.1 Å². The molecule has 0 spiro atoms. The molecule has 10 aromatic rings. The Labute approximate surface area is 854 Å². The highest BCUT2D eigenvalue weighted by Crippen LogP contribution is 2.48. The number of hydrogen-bond acceptors (Lipinski definition) is 20. The third-order valence-electron chi connectivity index (χ3n) is 22.6. The van der Waals surface area contributed by atoms with E-state index in [9.17, 15) is 36.8 Å². The summed E-state index contributed by atoms with van der Waals surface area (Å²) in [5.41, 5.74) is 11.2. The maximum absolute atomic E-state index is 12.8.